The Kier molecular flexibility index (Phi) is 6.09. The Hall–Kier alpha value is -0.790. The first kappa shape index (κ1) is 16.3. The predicted molar refractivity (Wildman–Crippen MR) is 67.9 cm³/mol. The van der Waals surface area contributed by atoms with Crippen LogP contribution in [0.3, 0.4) is 0 Å². The van der Waals surface area contributed by atoms with Crippen LogP contribution in [0.5, 0.6) is 11.5 Å². The standard InChI is InChI=1S/C11H12ClF3O3S/c1-17-9-5-7(6-16)4-8(12)10(9)18-2-3-19-11(13,14)15/h4-5,16H,2-3,6H2,1H3. The Morgan fingerprint density at radius 2 is 2.05 bits per heavy atom. The van der Waals surface area contributed by atoms with Crippen LogP contribution in [0.2, 0.25) is 5.02 Å². The first-order chi connectivity index (χ1) is 8.87. The van der Waals surface area contributed by atoms with Gasteiger partial charge in [-0.1, -0.05) is 11.6 Å². The molecule has 1 rings (SSSR count). The predicted octanol–water partition coefficient (Wildman–Crippen LogP) is 3.47. The number of aliphatic hydroxyl groups excluding tert-OH is 1. The van der Waals surface area contributed by atoms with E-state index >= 15 is 0 Å². The van der Waals surface area contributed by atoms with Crippen molar-refractivity contribution in [2.75, 3.05) is 19.5 Å². The molecule has 3 nitrogen and oxygen atoms in total. The van der Waals surface area contributed by atoms with Gasteiger partial charge >= 0.3 is 5.51 Å². The van der Waals surface area contributed by atoms with Crippen LogP contribution < -0.4 is 9.47 Å². The van der Waals surface area contributed by atoms with Gasteiger partial charge in [-0.15, -0.1) is 0 Å². The van der Waals surface area contributed by atoms with Crippen LogP contribution >= 0.6 is 23.4 Å². The Morgan fingerprint density at radius 1 is 1.37 bits per heavy atom. The van der Waals surface area contributed by atoms with Gasteiger partial charge in [0.25, 0.3) is 0 Å². The largest absolute Gasteiger partial charge is 0.493 e. The molecule has 0 atom stereocenters. The lowest BCUT2D eigenvalue weighted by Gasteiger charge is -2.13. The second-order valence-corrected chi connectivity index (χ2v) is 4.98. The Balaban J connectivity index is 2.67. The van der Waals surface area contributed by atoms with Gasteiger partial charge in [0.05, 0.1) is 25.3 Å². The molecule has 0 saturated heterocycles. The van der Waals surface area contributed by atoms with Crippen LogP contribution in [0.15, 0.2) is 12.1 Å². The van der Waals surface area contributed by atoms with Crippen LogP contribution in [-0.4, -0.2) is 30.1 Å². The number of benzene rings is 1. The highest BCUT2D eigenvalue weighted by Gasteiger charge is 2.27. The zero-order valence-electron chi connectivity index (χ0n) is 9.96. The molecule has 0 amide bonds. The van der Waals surface area contributed by atoms with Crippen molar-refractivity contribution in [3.8, 4) is 11.5 Å². The molecule has 0 fully saturated rings. The van der Waals surface area contributed by atoms with Crippen molar-refractivity contribution in [3.05, 3.63) is 22.7 Å². The molecule has 0 unspecified atom stereocenters. The van der Waals surface area contributed by atoms with Crippen molar-refractivity contribution in [2.45, 2.75) is 12.1 Å². The average molecular weight is 317 g/mol. The summed E-state index contributed by atoms with van der Waals surface area (Å²) in [6.45, 7) is -0.376. The van der Waals surface area contributed by atoms with Gasteiger partial charge in [-0.2, -0.15) is 13.2 Å². The summed E-state index contributed by atoms with van der Waals surface area (Å²) in [6.07, 6.45) is 0. The lowest BCUT2D eigenvalue weighted by molar-refractivity contribution is -0.0329. The number of hydrogen-bond acceptors (Lipinski definition) is 4. The molecule has 1 N–H and O–H groups in total. The molecule has 0 spiro atoms. The van der Waals surface area contributed by atoms with Gasteiger partial charge in [0.1, 0.15) is 0 Å². The molecule has 1 aromatic rings. The number of thioether (sulfide) groups is 1. The summed E-state index contributed by atoms with van der Waals surface area (Å²) < 4.78 is 46.0. The third-order valence-corrected chi connectivity index (χ3v) is 3.05. The van der Waals surface area contributed by atoms with E-state index in [0.29, 0.717) is 5.56 Å². The number of hydrogen-bond donors (Lipinski definition) is 1. The van der Waals surface area contributed by atoms with Crippen molar-refractivity contribution < 1.29 is 27.8 Å². The van der Waals surface area contributed by atoms with Crippen molar-refractivity contribution in [2.24, 2.45) is 0 Å². The van der Waals surface area contributed by atoms with Crippen LogP contribution in [0.4, 0.5) is 13.2 Å². The van der Waals surface area contributed by atoms with Crippen molar-refractivity contribution in [1.29, 1.82) is 0 Å². The molecule has 0 aliphatic carbocycles. The quantitative estimate of drug-likeness (QED) is 0.816. The van der Waals surface area contributed by atoms with E-state index in [4.69, 9.17) is 26.2 Å². The van der Waals surface area contributed by atoms with Gasteiger partial charge in [0, 0.05) is 5.75 Å². The van der Waals surface area contributed by atoms with Gasteiger partial charge in [0.2, 0.25) is 0 Å². The van der Waals surface area contributed by atoms with Crippen LogP contribution in [0.1, 0.15) is 5.56 Å². The molecule has 0 aliphatic rings. The minimum atomic E-state index is -4.28. The average Bonchev–Trinajstić information content (AvgIpc) is 2.34. The van der Waals surface area contributed by atoms with E-state index in [1.165, 1.54) is 19.2 Å². The fourth-order valence-corrected chi connectivity index (χ4v) is 1.99. The van der Waals surface area contributed by atoms with E-state index in [2.05, 4.69) is 0 Å². The Bertz CT molecular complexity index is 426. The highest BCUT2D eigenvalue weighted by molar-refractivity contribution is 8.00. The van der Waals surface area contributed by atoms with Crippen molar-refractivity contribution in [3.63, 3.8) is 0 Å². The van der Waals surface area contributed by atoms with E-state index in [0.717, 1.165) is 0 Å². The first-order valence-electron chi connectivity index (χ1n) is 5.18. The molecule has 0 heterocycles. The minimum Gasteiger partial charge on any atom is -0.493 e. The van der Waals surface area contributed by atoms with Gasteiger partial charge in [0.15, 0.2) is 11.5 Å². The van der Waals surface area contributed by atoms with Crippen molar-refractivity contribution in [1.82, 2.24) is 0 Å². The van der Waals surface area contributed by atoms with E-state index in [1.54, 1.807) is 0 Å². The summed E-state index contributed by atoms with van der Waals surface area (Å²) in [5.74, 6) is 0.197. The Morgan fingerprint density at radius 3 is 2.58 bits per heavy atom. The van der Waals surface area contributed by atoms with E-state index in [9.17, 15) is 13.2 Å². The molecule has 19 heavy (non-hydrogen) atoms. The molecule has 0 saturated carbocycles. The van der Waals surface area contributed by atoms with Crippen LogP contribution in [-0.2, 0) is 6.61 Å². The van der Waals surface area contributed by atoms with Crippen LogP contribution in [0, 0.1) is 0 Å². The van der Waals surface area contributed by atoms with Crippen molar-refractivity contribution >= 4 is 23.4 Å². The summed E-state index contributed by atoms with van der Waals surface area (Å²) in [7, 11) is 1.38. The lowest BCUT2D eigenvalue weighted by Crippen LogP contribution is -2.08. The molecular formula is C11H12ClF3O3S. The number of methoxy groups -OCH3 is 1. The minimum absolute atomic E-state index is 0.154. The highest BCUT2D eigenvalue weighted by atomic mass is 35.5. The lowest BCUT2D eigenvalue weighted by atomic mass is 10.2. The topological polar surface area (TPSA) is 38.7 Å². The third-order valence-electron chi connectivity index (χ3n) is 2.07. The zero-order valence-corrected chi connectivity index (χ0v) is 11.5. The third kappa shape index (κ3) is 5.38. The first-order valence-corrected chi connectivity index (χ1v) is 6.54. The molecule has 0 aromatic heterocycles. The molecule has 8 heteroatoms. The molecular weight excluding hydrogens is 305 g/mol. The number of rotatable bonds is 6. The summed E-state index contributed by atoms with van der Waals surface area (Å²) in [6, 6.07) is 2.98. The molecule has 1 aromatic carbocycles. The smallest absolute Gasteiger partial charge is 0.441 e. The van der Waals surface area contributed by atoms with Gasteiger partial charge in [-0.25, -0.2) is 0 Å². The van der Waals surface area contributed by atoms with Gasteiger partial charge in [-0.3, -0.25) is 0 Å². The maximum absolute atomic E-state index is 11.9. The van der Waals surface area contributed by atoms with Crippen LogP contribution in [0.25, 0.3) is 0 Å². The van der Waals surface area contributed by atoms with E-state index < -0.39 is 5.51 Å². The molecule has 0 bridgehead atoms. The number of alkyl halides is 3. The molecule has 0 radical (unpaired) electrons. The fraction of sp³-hybridized carbons (Fsp3) is 0.455. The fourth-order valence-electron chi connectivity index (χ4n) is 1.31. The summed E-state index contributed by atoms with van der Waals surface area (Å²) in [5, 5.41) is 9.17. The highest BCUT2D eigenvalue weighted by Crippen LogP contribution is 2.37. The Labute approximate surface area is 117 Å². The second-order valence-electron chi connectivity index (χ2n) is 3.41. The number of aliphatic hydroxyl groups is 1. The number of ether oxygens (including phenoxy) is 2. The normalized spacial score (nSPS) is 11.5. The second kappa shape index (κ2) is 7.12. The maximum atomic E-state index is 11.9. The summed E-state index contributed by atoms with van der Waals surface area (Å²) >= 11 is 5.75. The molecule has 108 valence electrons. The maximum Gasteiger partial charge on any atom is 0.441 e. The summed E-state index contributed by atoms with van der Waals surface area (Å²) in [5.41, 5.74) is -3.75. The number of halogens is 4. The van der Waals surface area contributed by atoms with E-state index in [1.807, 2.05) is 0 Å². The SMILES string of the molecule is COc1cc(CO)cc(Cl)c1OCCSC(F)(F)F. The van der Waals surface area contributed by atoms with E-state index in [-0.39, 0.29) is 47.3 Å². The van der Waals surface area contributed by atoms with Gasteiger partial charge < -0.3 is 14.6 Å². The zero-order chi connectivity index (χ0) is 14.5. The summed E-state index contributed by atoms with van der Waals surface area (Å²) in [4.78, 5) is 0. The molecule has 0 aliphatic heterocycles. The van der Waals surface area contributed by atoms with Gasteiger partial charge in [-0.05, 0) is 29.5 Å². The monoisotopic (exact) mass is 316 g/mol.